The predicted octanol–water partition coefficient (Wildman–Crippen LogP) is 3.10. The summed E-state index contributed by atoms with van der Waals surface area (Å²) in [6.07, 6.45) is 4.26. The van der Waals surface area contributed by atoms with Crippen LogP contribution in [0, 0.1) is 0 Å². The molecule has 12 heteroatoms. The maximum absolute atomic E-state index is 13.4. The van der Waals surface area contributed by atoms with Crippen molar-refractivity contribution in [3.8, 4) is 5.75 Å². The SMILES string of the molecule is C=CCOc1ccc(C[C@H](NC(C)=O)C(=O)N[C@@H](CCCCNC(=O)OC(C)(C)C)C(=O)N[C@@H](CC=C)CC(=O)OC)cc1. The van der Waals surface area contributed by atoms with Crippen LogP contribution in [0.4, 0.5) is 4.79 Å². The van der Waals surface area contributed by atoms with Crippen LogP contribution in [0.25, 0.3) is 0 Å². The lowest BCUT2D eigenvalue weighted by molar-refractivity contribution is -0.141. The highest BCUT2D eigenvalue weighted by molar-refractivity contribution is 5.92. The molecule has 0 heterocycles. The lowest BCUT2D eigenvalue weighted by Crippen LogP contribution is -2.55. The molecular weight excluding hydrogens is 568 g/mol. The summed E-state index contributed by atoms with van der Waals surface area (Å²) >= 11 is 0. The van der Waals surface area contributed by atoms with Crippen molar-refractivity contribution in [3.63, 3.8) is 0 Å². The van der Waals surface area contributed by atoms with Crippen LogP contribution < -0.4 is 26.0 Å². The van der Waals surface area contributed by atoms with Gasteiger partial charge in [-0.3, -0.25) is 19.2 Å². The van der Waals surface area contributed by atoms with Gasteiger partial charge in [-0.15, -0.1) is 6.58 Å². The van der Waals surface area contributed by atoms with E-state index in [0.717, 1.165) is 5.56 Å². The van der Waals surface area contributed by atoms with Gasteiger partial charge in [0, 0.05) is 25.9 Å². The molecule has 0 unspecified atom stereocenters. The molecule has 0 radical (unpaired) electrons. The Hall–Kier alpha value is -4.35. The van der Waals surface area contributed by atoms with Gasteiger partial charge in [0.15, 0.2) is 0 Å². The quantitative estimate of drug-likeness (QED) is 0.105. The molecule has 0 fully saturated rings. The number of nitrogens with one attached hydrogen (secondary N) is 4. The number of benzene rings is 1. The molecule has 0 aliphatic carbocycles. The molecule has 4 N–H and O–H groups in total. The number of esters is 1. The molecule has 4 amide bonds. The van der Waals surface area contributed by atoms with E-state index in [0.29, 0.717) is 38.2 Å². The first kappa shape index (κ1) is 37.7. The Kier molecular flexibility index (Phi) is 16.9. The highest BCUT2D eigenvalue weighted by atomic mass is 16.6. The van der Waals surface area contributed by atoms with Gasteiger partial charge in [-0.05, 0) is 64.2 Å². The number of carbonyl (C=O) groups is 5. The Morgan fingerprint density at radius 3 is 2.14 bits per heavy atom. The smallest absolute Gasteiger partial charge is 0.407 e. The second kappa shape index (κ2) is 19.8. The number of hydrogen-bond donors (Lipinski definition) is 4. The van der Waals surface area contributed by atoms with Gasteiger partial charge in [0.05, 0.1) is 13.5 Å². The maximum Gasteiger partial charge on any atom is 0.407 e. The topological polar surface area (TPSA) is 161 Å². The zero-order valence-electron chi connectivity index (χ0n) is 26.5. The van der Waals surface area contributed by atoms with Gasteiger partial charge in [-0.25, -0.2) is 4.79 Å². The van der Waals surface area contributed by atoms with E-state index in [-0.39, 0.29) is 19.3 Å². The number of methoxy groups -OCH3 is 1. The van der Waals surface area contributed by atoms with E-state index in [1.54, 1.807) is 57.2 Å². The number of amides is 4. The zero-order chi connectivity index (χ0) is 33.1. The van der Waals surface area contributed by atoms with Crippen molar-refractivity contribution in [1.29, 1.82) is 0 Å². The Balaban J connectivity index is 3.02. The van der Waals surface area contributed by atoms with E-state index < -0.39 is 53.5 Å². The van der Waals surface area contributed by atoms with Crippen molar-refractivity contribution < 1.29 is 38.2 Å². The van der Waals surface area contributed by atoms with Crippen LogP contribution in [0.15, 0.2) is 49.6 Å². The summed E-state index contributed by atoms with van der Waals surface area (Å²) in [6, 6.07) is 4.54. The van der Waals surface area contributed by atoms with Crippen LogP contribution in [-0.4, -0.2) is 73.8 Å². The Morgan fingerprint density at radius 1 is 0.909 bits per heavy atom. The molecule has 0 saturated carbocycles. The highest BCUT2D eigenvalue weighted by Crippen LogP contribution is 2.14. The summed E-state index contributed by atoms with van der Waals surface area (Å²) in [5.74, 6) is -1.33. The second-order valence-corrected chi connectivity index (χ2v) is 11.2. The molecule has 44 heavy (non-hydrogen) atoms. The average Bonchev–Trinajstić information content (AvgIpc) is 2.94. The Morgan fingerprint density at radius 2 is 1.57 bits per heavy atom. The second-order valence-electron chi connectivity index (χ2n) is 11.2. The van der Waals surface area contributed by atoms with Crippen molar-refractivity contribution in [1.82, 2.24) is 21.3 Å². The van der Waals surface area contributed by atoms with Crippen molar-refractivity contribution in [2.24, 2.45) is 0 Å². The van der Waals surface area contributed by atoms with E-state index in [2.05, 4.69) is 34.4 Å². The van der Waals surface area contributed by atoms with Crippen LogP contribution in [0.3, 0.4) is 0 Å². The Bertz CT molecular complexity index is 1110. The molecule has 3 atom stereocenters. The summed E-state index contributed by atoms with van der Waals surface area (Å²) in [6.45, 7) is 14.6. The molecule has 0 bridgehead atoms. The largest absolute Gasteiger partial charge is 0.490 e. The van der Waals surface area contributed by atoms with Gasteiger partial charge in [-0.1, -0.05) is 30.9 Å². The predicted molar refractivity (Wildman–Crippen MR) is 167 cm³/mol. The summed E-state index contributed by atoms with van der Waals surface area (Å²) in [5, 5.41) is 10.9. The average molecular weight is 617 g/mol. The lowest BCUT2D eigenvalue weighted by Gasteiger charge is -2.25. The number of rotatable bonds is 19. The van der Waals surface area contributed by atoms with Crippen LogP contribution >= 0.6 is 0 Å². The van der Waals surface area contributed by atoms with E-state index >= 15 is 0 Å². The minimum Gasteiger partial charge on any atom is -0.490 e. The van der Waals surface area contributed by atoms with Gasteiger partial charge >= 0.3 is 12.1 Å². The van der Waals surface area contributed by atoms with E-state index in [4.69, 9.17) is 14.2 Å². The molecule has 1 rings (SSSR count). The van der Waals surface area contributed by atoms with Crippen LogP contribution in [-0.2, 0) is 35.1 Å². The first-order valence-corrected chi connectivity index (χ1v) is 14.6. The first-order valence-electron chi connectivity index (χ1n) is 14.6. The Labute approximate surface area is 260 Å². The third kappa shape index (κ3) is 16.3. The summed E-state index contributed by atoms with van der Waals surface area (Å²) in [5.41, 5.74) is 0.137. The summed E-state index contributed by atoms with van der Waals surface area (Å²) < 4.78 is 15.5. The van der Waals surface area contributed by atoms with Crippen molar-refractivity contribution in [3.05, 3.63) is 55.1 Å². The number of ether oxygens (including phenoxy) is 3. The molecule has 0 aliphatic heterocycles. The van der Waals surface area contributed by atoms with E-state index in [1.165, 1.54) is 14.0 Å². The van der Waals surface area contributed by atoms with E-state index in [9.17, 15) is 24.0 Å². The van der Waals surface area contributed by atoms with Gasteiger partial charge in [-0.2, -0.15) is 0 Å². The molecular formula is C32H48N4O8. The van der Waals surface area contributed by atoms with E-state index in [1.807, 2.05) is 0 Å². The number of carbonyl (C=O) groups excluding carboxylic acids is 5. The van der Waals surface area contributed by atoms with Crippen LogP contribution in [0.2, 0.25) is 0 Å². The normalized spacial score (nSPS) is 12.8. The van der Waals surface area contributed by atoms with Crippen LogP contribution in [0.5, 0.6) is 5.75 Å². The molecule has 244 valence electrons. The maximum atomic E-state index is 13.4. The lowest BCUT2D eigenvalue weighted by atomic mass is 10.0. The monoisotopic (exact) mass is 616 g/mol. The molecule has 0 aliphatic rings. The highest BCUT2D eigenvalue weighted by Gasteiger charge is 2.28. The van der Waals surface area contributed by atoms with Gasteiger partial charge in [0.1, 0.15) is 30.0 Å². The molecule has 0 spiro atoms. The van der Waals surface area contributed by atoms with Crippen molar-refractivity contribution in [2.75, 3.05) is 20.3 Å². The standard InChI is InChI=1S/C32H48N4O8/c1-8-12-24(21-28(38)42-7)35-29(39)26(13-10-11-18-33-31(41)44-32(4,5)6)36-30(40)27(34-22(3)37)20-23-14-16-25(17-15-23)43-19-9-2/h8-9,14-17,24,26-27H,1-2,10-13,18-21H2,3-7H3,(H,33,41)(H,34,37)(H,35,39)(H,36,40)/t24-,26-,27-/m0/s1. The minimum atomic E-state index is -0.986. The number of unbranched alkanes of at least 4 members (excludes halogenated alkanes) is 1. The van der Waals surface area contributed by atoms with Crippen molar-refractivity contribution >= 4 is 29.8 Å². The zero-order valence-corrected chi connectivity index (χ0v) is 26.5. The number of alkyl carbamates (subject to hydrolysis) is 1. The third-order valence-corrected chi connectivity index (χ3v) is 6.08. The third-order valence-electron chi connectivity index (χ3n) is 6.08. The summed E-state index contributed by atoms with van der Waals surface area (Å²) in [7, 11) is 1.26. The molecule has 1 aromatic carbocycles. The molecule has 0 aromatic heterocycles. The summed E-state index contributed by atoms with van der Waals surface area (Å²) in [4.78, 5) is 62.6. The minimum absolute atomic E-state index is 0.0736. The fraction of sp³-hybridized carbons (Fsp3) is 0.531. The molecule has 1 aromatic rings. The van der Waals surface area contributed by atoms with Gasteiger partial charge in [0.2, 0.25) is 17.7 Å². The number of hydrogen-bond acceptors (Lipinski definition) is 8. The fourth-order valence-corrected chi connectivity index (χ4v) is 4.07. The van der Waals surface area contributed by atoms with Gasteiger partial charge < -0.3 is 35.5 Å². The molecule has 12 nitrogen and oxygen atoms in total. The van der Waals surface area contributed by atoms with Crippen molar-refractivity contribution in [2.45, 2.75) is 89.9 Å². The van der Waals surface area contributed by atoms with Crippen LogP contribution in [0.1, 0.15) is 65.4 Å². The molecule has 0 saturated heterocycles. The van der Waals surface area contributed by atoms with Gasteiger partial charge in [0.25, 0.3) is 0 Å². The fourth-order valence-electron chi connectivity index (χ4n) is 4.07. The first-order chi connectivity index (χ1) is 20.8.